The number of aromatic nitrogens is 3. The quantitative estimate of drug-likeness (QED) is 0.637. The van der Waals surface area contributed by atoms with Gasteiger partial charge in [0.05, 0.1) is 28.3 Å². The van der Waals surface area contributed by atoms with Crippen LogP contribution in [0.25, 0.3) is 11.8 Å². The molecule has 1 aromatic carbocycles. The summed E-state index contributed by atoms with van der Waals surface area (Å²) in [5.74, 6) is 0.512. The van der Waals surface area contributed by atoms with Crippen molar-refractivity contribution in [1.82, 2.24) is 20.1 Å². The Hall–Kier alpha value is -3.66. The van der Waals surface area contributed by atoms with Crippen LogP contribution in [0.4, 0.5) is 10.2 Å². The van der Waals surface area contributed by atoms with E-state index in [1.165, 1.54) is 23.9 Å². The van der Waals surface area contributed by atoms with Gasteiger partial charge in [-0.3, -0.25) is 0 Å². The molecule has 1 unspecified atom stereocenters. The number of nitriles is 2. The summed E-state index contributed by atoms with van der Waals surface area (Å²) in [5.41, 5.74) is 3.58. The van der Waals surface area contributed by atoms with Crippen LogP contribution in [0, 0.1) is 28.5 Å². The Morgan fingerprint density at radius 1 is 1.06 bits per heavy atom. The molecule has 1 saturated heterocycles. The van der Waals surface area contributed by atoms with Crippen molar-refractivity contribution in [2.75, 3.05) is 31.1 Å². The van der Waals surface area contributed by atoms with Crippen molar-refractivity contribution in [1.29, 1.82) is 10.5 Å². The Labute approximate surface area is 195 Å². The summed E-state index contributed by atoms with van der Waals surface area (Å²) in [7, 11) is 0. The van der Waals surface area contributed by atoms with Gasteiger partial charge in [0.2, 0.25) is 0 Å². The van der Waals surface area contributed by atoms with Crippen LogP contribution >= 0.6 is 11.8 Å². The number of piperazine rings is 1. The molecule has 3 aromatic rings. The molecule has 2 aliphatic rings. The van der Waals surface area contributed by atoms with Crippen LogP contribution in [0.2, 0.25) is 0 Å². The van der Waals surface area contributed by atoms with Gasteiger partial charge in [-0.1, -0.05) is 0 Å². The fourth-order valence-electron chi connectivity index (χ4n) is 4.17. The van der Waals surface area contributed by atoms with Gasteiger partial charge >= 0.3 is 0 Å². The van der Waals surface area contributed by atoms with Crippen molar-refractivity contribution >= 4 is 29.4 Å². The number of allylic oxidation sites excluding steroid dienone is 1. The monoisotopic (exact) mass is 457 g/mol. The molecule has 7 nitrogen and oxygen atoms in total. The fraction of sp³-hybridized carbons (Fsp3) is 0.250. The standard InChI is InChI=1S/C24H20FN7S/c25-20-2-3-21(17(9-20)11-26)33-22-10-18(15-32-24(22)19(12-27)14-30-32)16-1-4-23(29-13-16)31-7-5-28-6-8-31/h1-4,9,13-15,22,28H,5-8,10H2. The molecular formula is C24H20FN7S. The number of hydrogen-bond acceptors (Lipinski definition) is 7. The highest BCUT2D eigenvalue weighted by molar-refractivity contribution is 7.99. The summed E-state index contributed by atoms with van der Waals surface area (Å²) >= 11 is 1.45. The lowest BCUT2D eigenvalue weighted by molar-refractivity contribution is 0.585. The molecule has 0 radical (unpaired) electrons. The van der Waals surface area contributed by atoms with Crippen LogP contribution in [0.3, 0.4) is 0 Å². The summed E-state index contributed by atoms with van der Waals surface area (Å²) in [6, 6.07) is 12.6. The summed E-state index contributed by atoms with van der Waals surface area (Å²) in [4.78, 5) is 7.62. The number of rotatable bonds is 4. The number of thioether (sulfide) groups is 1. The minimum absolute atomic E-state index is 0.160. The Balaban J connectivity index is 1.46. The lowest BCUT2D eigenvalue weighted by Gasteiger charge is -2.28. The Kier molecular flexibility index (Phi) is 5.82. The van der Waals surface area contributed by atoms with Gasteiger partial charge < -0.3 is 10.2 Å². The molecule has 2 aliphatic heterocycles. The van der Waals surface area contributed by atoms with Gasteiger partial charge in [0, 0.05) is 43.5 Å². The van der Waals surface area contributed by atoms with E-state index < -0.39 is 5.82 Å². The van der Waals surface area contributed by atoms with E-state index in [0.29, 0.717) is 16.9 Å². The zero-order valence-corrected chi connectivity index (χ0v) is 18.5. The minimum atomic E-state index is -0.446. The van der Waals surface area contributed by atoms with Crippen LogP contribution in [0.15, 0.2) is 47.6 Å². The number of hydrogen-bond donors (Lipinski definition) is 1. The number of anilines is 1. The maximum atomic E-state index is 13.6. The largest absolute Gasteiger partial charge is 0.354 e. The van der Waals surface area contributed by atoms with Gasteiger partial charge in [-0.2, -0.15) is 15.6 Å². The van der Waals surface area contributed by atoms with Crippen molar-refractivity contribution < 1.29 is 4.39 Å². The molecule has 0 bridgehead atoms. The number of fused-ring (bicyclic) bond motifs is 1. The molecule has 9 heteroatoms. The summed E-state index contributed by atoms with van der Waals surface area (Å²) in [6.07, 6.45) is 6.00. The third kappa shape index (κ3) is 4.21. The Morgan fingerprint density at radius 3 is 2.61 bits per heavy atom. The number of benzene rings is 1. The van der Waals surface area contributed by atoms with E-state index in [9.17, 15) is 14.9 Å². The molecule has 1 N–H and O–H groups in total. The van der Waals surface area contributed by atoms with Gasteiger partial charge in [0.25, 0.3) is 0 Å². The van der Waals surface area contributed by atoms with E-state index in [2.05, 4.69) is 38.5 Å². The van der Waals surface area contributed by atoms with E-state index >= 15 is 0 Å². The molecule has 0 spiro atoms. The van der Waals surface area contributed by atoms with E-state index in [-0.39, 0.29) is 10.8 Å². The minimum Gasteiger partial charge on any atom is -0.354 e. The predicted octanol–water partition coefficient (Wildman–Crippen LogP) is 3.81. The first-order chi connectivity index (χ1) is 16.2. The van der Waals surface area contributed by atoms with Crippen LogP contribution in [-0.4, -0.2) is 40.9 Å². The van der Waals surface area contributed by atoms with Gasteiger partial charge in [0.15, 0.2) is 0 Å². The highest BCUT2D eigenvalue weighted by Gasteiger charge is 2.28. The lowest BCUT2D eigenvalue weighted by atomic mass is 9.98. The number of pyridine rings is 1. The predicted molar refractivity (Wildman–Crippen MR) is 125 cm³/mol. The smallest absolute Gasteiger partial charge is 0.128 e. The first kappa shape index (κ1) is 21.2. The van der Waals surface area contributed by atoms with Crippen LogP contribution in [-0.2, 0) is 0 Å². The molecule has 0 saturated carbocycles. The molecule has 0 aliphatic carbocycles. The van der Waals surface area contributed by atoms with Crippen LogP contribution in [0.1, 0.15) is 34.1 Å². The lowest BCUT2D eigenvalue weighted by Crippen LogP contribution is -2.43. The van der Waals surface area contributed by atoms with E-state index in [0.717, 1.165) is 48.8 Å². The van der Waals surface area contributed by atoms with Crippen molar-refractivity contribution in [3.63, 3.8) is 0 Å². The van der Waals surface area contributed by atoms with Gasteiger partial charge in [-0.15, -0.1) is 11.8 Å². The van der Waals surface area contributed by atoms with Crippen molar-refractivity contribution in [2.24, 2.45) is 0 Å². The SMILES string of the molecule is N#Cc1cc(F)ccc1SC1CC(c2ccc(N3CCNCC3)nc2)=Cn2ncc(C#N)c21. The normalized spacial score (nSPS) is 17.6. The Bertz CT molecular complexity index is 1290. The topological polar surface area (TPSA) is 93.6 Å². The number of halogens is 1. The molecule has 4 heterocycles. The first-order valence-corrected chi connectivity index (χ1v) is 11.5. The van der Waals surface area contributed by atoms with Gasteiger partial charge in [-0.05, 0) is 47.9 Å². The molecule has 1 fully saturated rings. The average molecular weight is 458 g/mol. The molecule has 5 rings (SSSR count). The molecular weight excluding hydrogens is 437 g/mol. The highest BCUT2D eigenvalue weighted by atomic mass is 32.2. The van der Waals surface area contributed by atoms with Crippen LogP contribution in [0.5, 0.6) is 0 Å². The van der Waals surface area contributed by atoms with Crippen LogP contribution < -0.4 is 10.2 Å². The zero-order chi connectivity index (χ0) is 22.8. The van der Waals surface area contributed by atoms with Crippen molar-refractivity contribution in [3.8, 4) is 12.1 Å². The average Bonchev–Trinajstić information content (AvgIpc) is 3.29. The number of nitrogens with zero attached hydrogens (tertiary/aromatic N) is 6. The van der Waals surface area contributed by atoms with E-state index in [1.807, 2.05) is 18.5 Å². The maximum Gasteiger partial charge on any atom is 0.128 e. The summed E-state index contributed by atoms with van der Waals surface area (Å²) in [6.45, 7) is 3.76. The van der Waals surface area contributed by atoms with Crippen molar-refractivity contribution in [3.05, 3.63) is 70.9 Å². The second-order valence-corrected chi connectivity index (χ2v) is 9.10. The van der Waals surface area contributed by atoms with Gasteiger partial charge in [0.1, 0.15) is 23.8 Å². The number of nitrogens with one attached hydrogen (secondary N) is 1. The fourth-order valence-corrected chi connectivity index (χ4v) is 5.47. The second kappa shape index (κ2) is 9.07. The molecule has 2 aromatic heterocycles. The van der Waals surface area contributed by atoms with E-state index in [4.69, 9.17) is 0 Å². The molecule has 33 heavy (non-hydrogen) atoms. The highest BCUT2D eigenvalue weighted by Crippen LogP contribution is 2.46. The summed E-state index contributed by atoms with van der Waals surface area (Å²) in [5, 5.41) is 26.6. The van der Waals surface area contributed by atoms with Crippen molar-refractivity contribution in [2.45, 2.75) is 16.6 Å². The second-order valence-electron chi connectivity index (χ2n) is 7.86. The third-order valence-corrected chi connectivity index (χ3v) is 7.12. The van der Waals surface area contributed by atoms with Gasteiger partial charge in [-0.25, -0.2) is 14.1 Å². The summed E-state index contributed by atoms with van der Waals surface area (Å²) < 4.78 is 15.4. The first-order valence-electron chi connectivity index (χ1n) is 10.6. The Morgan fingerprint density at radius 2 is 1.88 bits per heavy atom. The zero-order valence-electron chi connectivity index (χ0n) is 17.7. The molecule has 0 amide bonds. The molecule has 164 valence electrons. The molecule has 1 atom stereocenters. The maximum absolute atomic E-state index is 13.6. The third-order valence-electron chi connectivity index (χ3n) is 5.83. The van der Waals surface area contributed by atoms with E-state index in [1.54, 1.807) is 16.9 Å².